The number of hydrogen-bond acceptors (Lipinski definition) is 4. The molecule has 0 radical (unpaired) electrons. The number of rotatable bonds is 6. The second-order valence-electron chi connectivity index (χ2n) is 7.11. The Bertz CT molecular complexity index is 794. The van der Waals surface area contributed by atoms with E-state index < -0.39 is 0 Å². The average molecular weight is 377 g/mol. The van der Waals surface area contributed by atoms with Gasteiger partial charge in [-0.15, -0.1) is 0 Å². The van der Waals surface area contributed by atoms with E-state index in [1.807, 2.05) is 79.4 Å². The summed E-state index contributed by atoms with van der Waals surface area (Å²) in [5.41, 5.74) is 1.97. The highest BCUT2D eigenvalue weighted by atomic mass is 16.2. The zero-order chi connectivity index (χ0) is 19.9. The first kappa shape index (κ1) is 20.1. The molecule has 1 saturated heterocycles. The topological polar surface area (TPSA) is 50.6 Å². The maximum atomic E-state index is 13.1. The molecule has 2 aromatic carbocycles. The molecule has 0 bridgehead atoms. The minimum Gasteiger partial charge on any atom is -0.311 e. The lowest BCUT2D eigenvalue weighted by molar-refractivity contribution is -0.124. The van der Waals surface area contributed by atoms with Crippen molar-refractivity contribution in [3.05, 3.63) is 66.2 Å². The first-order chi connectivity index (χ1) is 13.7. The van der Waals surface area contributed by atoms with Crippen LogP contribution in [-0.4, -0.2) is 54.5 Å². The molecular weight excluding hydrogens is 348 g/mol. The van der Waals surface area contributed by atoms with Crippen LogP contribution in [0.2, 0.25) is 0 Å². The maximum absolute atomic E-state index is 13.1. The molecule has 1 amide bonds. The summed E-state index contributed by atoms with van der Waals surface area (Å²) >= 11 is 0. The number of nitriles is 1. The van der Waals surface area contributed by atoms with Crippen LogP contribution in [-0.2, 0) is 4.79 Å². The molecule has 0 N–H and O–H groups in total. The zero-order valence-corrected chi connectivity index (χ0v) is 16.7. The van der Waals surface area contributed by atoms with Crippen molar-refractivity contribution in [1.82, 2.24) is 9.80 Å². The number of anilines is 1. The summed E-state index contributed by atoms with van der Waals surface area (Å²) in [6.07, 6.45) is 0. The summed E-state index contributed by atoms with van der Waals surface area (Å²) in [6.45, 7) is 7.77. The molecule has 5 heteroatoms. The van der Waals surface area contributed by atoms with Gasteiger partial charge >= 0.3 is 0 Å². The van der Waals surface area contributed by atoms with E-state index in [2.05, 4.69) is 15.9 Å². The first-order valence-corrected chi connectivity index (χ1v) is 9.94. The molecule has 2 unspecified atom stereocenters. The summed E-state index contributed by atoms with van der Waals surface area (Å²) in [5, 5.41) is 9.66. The Kier molecular flexibility index (Phi) is 6.80. The van der Waals surface area contributed by atoms with Crippen molar-refractivity contribution in [1.29, 1.82) is 5.26 Å². The van der Waals surface area contributed by atoms with Crippen LogP contribution in [0.15, 0.2) is 60.7 Å². The van der Waals surface area contributed by atoms with Crippen molar-refractivity contribution in [2.24, 2.45) is 0 Å². The number of para-hydroxylation sites is 1. The lowest BCUT2D eigenvalue weighted by Crippen LogP contribution is -2.55. The van der Waals surface area contributed by atoms with E-state index >= 15 is 0 Å². The molecule has 1 aliphatic heterocycles. The molecule has 0 saturated carbocycles. The molecule has 0 aliphatic carbocycles. The Morgan fingerprint density at radius 2 is 1.54 bits per heavy atom. The van der Waals surface area contributed by atoms with Gasteiger partial charge in [0.05, 0.1) is 12.1 Å². The number of likely N-dealkylation sites (N-methyl/N-ethyl adjacent to an activating group) is 1. The fraction of sp³-hybridized carbons (Fsp3) is 0.391. The van der Waals surface area contributed by atoms with Gasteiger partial charge in [-0.1, -0.05) is 48.5 Å². The van der Waals surface area contributed by atoms with Gasteiger partial charge < -0.3 is 4.90 Å². The molecule has 2 aromatic rings. The number of piperazine rings is 1. The lowest BCUT2D eigenvalue weighted by Gasteiger charge is -2.40. The summed E-state index contributed by atoms with van der Waals surface area (Å²) in [7, 11) is 0. The van der Waals surface area contributed by atoms with Gasteiger partial charge in [0.25, 0.3) is 0 Å². The van der Waals surface area contributed by atoms with E-state index in [1.54, 1.807) is 0 Å². The van der Waals surface area contributed by atoms with Crippen molar-refractivity contribution in [2.75, 3.05) is 37.6 Å². The van der Waals surface area contributed by atoms with Gasteiger partial charge in [0.1, 0.15) is 6.04 Å². The Morgan fingerprint density at radius 1 is 1.00 bits per heavy atom. The number of nitrogens with zero attached hydrogens (tertiary/aromatic N) is 4. The van der Waals surface area contributed by atoms with Crippen LogP contribution in [0.1, 0.15) is 25.5 Å². The SMILES string of the molecule is CCN(C(=O)C(C)N1CCN(C(C#N)c2ccccc2)CC1)c1ccccc1. The average Bonchev–Trinajstić information content (AvgIpc) is 2.76. The van der Waals surface area contributed by atoms with E-state index in [4.69, 9.17) is 0 Å². The summed E-state index contributed by atoms with van der Waals surface area (Å²) in [6, 6.07) is 21.8. The molecule has 1 aliphatic rings. The van der Waals surface area contributed by atoms with E-state index in [1.165, 1.54) is 0 Å². The Hall–Kier alpha value is -2.68. The molecule has 1 fully saturated rings. The number of carbonyl (C=O) groups excluding carboxylic acids is 1. The summed E-state index contributed by atoms with van der Waals surface area (Å²) in [4.78, 5) is 19.4. The Labute approximate surface area is 167 Å². The fourth-order valence-electron chi connectivity index (χ4n) is 3.84. The summed E-state index contributed by atoms with van der Waals surface area (Å²) in [5.74, 6) is 0.127. The number of amides is 1. The maximum Gasteiger partial charge on any atom is 0.244 e. The molecular formula is C23H28N4O. The molecule has 146 valence electrons. The van der Waals surface area contributed by atoms with Crippen LogP contribution in [0.25, 0.3) is 0 Å². The zero-order valence-electron chi connectivity index (χ0n) is 16.7. The van der Waals surface area contributed by atoms with Gasteiger partial charge in [-0.3, -0.25) is 14.6 Å². The van der Waals surface area contributed by atoms with Gasteiger partial charge in [-0.2, -0.15) is 5.26 Å². The highest BCUT2D eigenvalue weighted by molar-refractivity contribution is 5.96. The molecule has 0 aromatic heterocycles. The number of hydrogen-bond donors (Lipinski definition) is 0. The van der Waals surface area contributed by atoms with Gasteiger partial charge in [-0.05, 0) is 31.5 Å². The van der Waals surface area contributed by atoms with Crippen LogP contribution in [0.4, 0.5) is 5.69 Å². The molecule has 2 atom stereocenters. The lowest BCUT2D eigenvalue weighted by atomic mass is 10.1. The summed E-state index contributed by atoms with van der Waals surface area (Å²) < 4.78 is 0. The molecule has 0 spiro atoms. The minimum absolute atomic E-state index is 0.127. The molecule has 3 rings (SSSR count). The number of benzene rings is 2. The minimum atomic E-state index is -0.231. The van der Waals surface area contributed by atoms with Crippen molar-refractivity contribution in [3.63, 3.8) is 0 Å². The predicted octanol–water partition coefficient (Wildman–Crippen LogP) is 3.31. The highest BCUT2D eigenvalue weighted by Gasteiger charge is 2.31. The largest absolute Gasteiger partial charge is 0.311 e. The third-order valence-electron chi connectivity index (χ3n) is 5.51. The van der Waals surface area contributed by atoms with Gasteiger partial charge in [-0.25, -0.2) is 0 Å². The Morgan fingerprint density at radius 3 is 2.07 bits per heavy atom. The van der Waals surface area contributed by atoms with Gasteiger partial charge in [0, 0.05) is 38.4 Å². The molecule has 28 heavy (non-hydrogen) atoms. The van der Waals surface area contributed by atoms with Crippen LogP contribution >= 0.6 is 0 Å². The van der Waals surface area contributed by atoms with E-state index in [0.29, 0.717) is 6.54 Å². The fourth-order valence-corrected chi connectivity index (χ4v) is 3.84. The van der Waals surface area contributed by atoms with E-state index in [9.17, 15) is 10.1 Å². The van der Waals surface area contributed by atoms with Crippen LogP contribution in [0.5, 0.6) is 0 Å². The quantitative estimate of drug-likeness (QED) is 0.776. The van der Waals surface area contributed by atoms with E-state index in [-0.39, 0.29) is 18.0 Å². The van der Waals surface area contributed by atoms with Crippen molar-refractivity contribution < 1.29 is 4.79 Å². The van der Waals surface area contributed by atoms with Crippen molar-refractivity contribution in [2.45, 2.75) is 25.9 Å². The van der Waals surface area contributed by atoms with Crippen LogP contribution in [0.3, 0.4) is 0 Å². The van der Waals surface area contributed by atoms with Gasteiger partial charge in [0.2, 0.25) is 5.91 Å². The first-order valence-electron chi connectivity index (χ1n) is 9.94. The molecule has 5 nitrogen and oxygen atoms in total. The monoisotopic (exact) mass is 376 g/mol. The van der Waals surface area contributed by atoms with Crippen molar-refractivity contribution in [3.8, 4) is 6.07 Å². The second-order valence-corrected chi connectivity index (χ2v) is 7.11. The predicted molar refractivity (Wildman–Crippen MR) is 112 cm³/mol. The second kappa shape index (κ2) is 9.50. The Balaban J connectivity index is 1.62. The molecule has 1 heterocycles. The van der Waals surface area contributed by atoms with Crippen LogP contribution < -0.4 is 4.90 Å². The third kappa shape index (κ3) is 4.41. The van der Waals surface area contributed by atoms with E-state index in [0.717, 1.165) is 37.4 Å². The highest BCUT2D eigenvalue weighted by Crippen LogP contribution is 2.23. The smallest absolute Gasteiger partial charge is 0.244 e. The van der Waals surface area contributed by atoms with Crippen molar-refractivity contribution >= 4 is 11.6 Å². The standard InChI is InChI=1S/C23H28N4O/c1-3-27(21-12-8-5-9-13-21)23(28)19(2)25-14-16-26(17-15-25)22(18-24)20-10-6-4-7-11-20/h4-13,19,22H,3,14-17H2,1-2H3. The third-order valence-corrected chi connectivity index (χ3v) is 5.51. The number of carbonyl (C=O) groups is 1. The van der Waals surface area contributed by atoms with Gasteiger partial charge in [0.15, 0.2) is 0 Å². The van der Waals surface area contributed by atoms with Crippen LogP contribution in [0, 0.1) is 11.3 Å². The normalized spacial score (nSPS) is 17.5.